The third-order valence-electron chi connectivity index (χ3n) is 7.08. The van der Waals surface area contributed by atoms with Crippen LogP contribution in [0.25, 0.3) is 16.9 Å². The average molecular weight is 550 g/mol. The van der Waals surface area contributed by atoms with E-state index in [1.54, 1.807) is 43.1 Å². The number of benzene rings is 2. The van der Waals surface area contributed by atoms with Gasteiger partial charge >= 0.3 is 0 Å². The number of aryl methyl sites for hydroxylation is 2. The monoisotopic (exact) mass is 549 g/mol. The number of carbonyl (C=O) groups is 1. The summed E-state index contributed by atoms with van der Waals surface area (Å²) in [7, 11) is 3.14. The quantitative estimate of drug-likeness (QED) is 0.271. The number of carbonyl (C=O) groups excluding carboxylic acids is 1. The number of hydrogen-bond acceptors (Lipinski definition) is 3. The highest BCUT2D eigenvalue weighted by Gasteiger charge is 2.41. The Kier molecular flexibility index (Phi) is 6.88. The second kappa shape index (κ2) is 10.0. The molecular formula is C30H26Cl2FN3O2. The van der Waals surface area contributed by atoms with Crippen molar-refractivity contribution in [2.24, 2.45) is 0 Å². The van der Waals surface area contributed by atoms with Gasteiger partial charge in [-0.2, -0.15) is 0 Å². The number of aromatic nitrogens is 2. The molecule has 1 amide bonds. The summed E-state index contributed by atoms with van der Waals surface area (Å²) >= 11 is 12.7. The molecule has 2 aromatic heterocycles. The maximum atomic E-state index is 15.4. The fourth-order valence-electron chi connectivity index (χ4n) is 4.96. The first kappa shape index (κ1) is 26.1. The lowest BCUT2D eigenvalue weighted by Crippen LogP contribution is -2.23. The van der Waals surface area contributed by atoms with E-state index in [1.165, 1.54) is 16.5 Å². The van der Waals surface area contributed by atoms with Crippen LogP contribution in [0, 0.1) is 19.7 Å². The Hall–Kier alpha value is -3.48. The molecule has 1 aliphatic rings. The van der Waals surface area contributed by atoms with Crippen LogP contribution in [0.3, 0.4) is 0 Å². The molecule has 2 aromatic carbocycles. The summed E-state index contributed by atoms with van der Waals surface area (Å²) in [6, 6.07) is 16.0. The van der Waals surface area contributed by atoms with E-state index >= 15 is 4.39 Å². The Bertz CT molecular complexity index is 1630. The number of nitrogens with zero attached hydrogens (tertiary/aromatic N) is 3. The molecule has 0 radical (unpaired) electrons. The minimum atomic E-state index is -0.659. The van der Waals surface area contributed by atoms with Gasteiger partial charge in [0.1, 0.15) is 10.8 Å². The lowest BCUT2D eigenvalue weighted by atomic mass is 10.0. The van der Waals surface area contributed by atoms with E-state index in [4.69, 9.17) is 23.2 Å². The topological polar surface area (TPSA) is 55.2 Å². The van der Waals surface area contributed by atoms with Crippen molar-refractivity contribution in [2.45, 2.75) is 32.1 Å². The summed E-state index contributed by atoms with van der Waals surface area (Å²) in [5.41, 5.74) is 4.12. The highest BCUT2D eigenvalue weighted by molar-refractivity contribution is 6.31. The van der Waals surface area contributed by atoms with E-state index in [9.17, 15) is 9.59 Å². The lowest BCUT2D eigenvalue weighted by Gasteiger charge is -2.17. The van der Waals surface area contributed by atoms with E-state index in [-0.39, 0.29) is 33.5 Å². The average Bonchev–Trinajstić information content (AvgIpc) is 3.68. The maximum Gasteiger partial charge on any atom is 0.274 e. The summed E-state index contributed by atoms with van der Waals surface area (Å²) in [5.74, 6) is -0.658. The second-order valence-corrected chi connectivity index (χ2v) is 10.7. The lowest BCUT2D eigenvalue weighted by molar-refractivity contribution is 0.0823. The third-order valence-corrected chi connectivity index (χ3v) is 7.71. The van der Waals surface area contributed by atoms with Crippen molar-refractivity contribution < 1.29 is 9.18 Å². The second-order valence-electron chi connectivity index (χ2n) is 9.92. The predicted octanol–water partition coefficient (Wildman–Crippen LogP) is 6.94. The van der Waals surface area contributed by atoms with Gasteiger partial charge in [-0.15, -0.1) is 0 Å². The van der Waals surface area contributed by atoms with Crippen molar-refractivity contribution in [1.29, 1.82) is 0 Å². The van der Waals surface area contributed by atoms with Gasteiger partial charge in [-0.05, 0) is 85.2 Å². The fraction of sp³-hybridized carbons (Fsp3) is 0.233. The van der Waals surface area contributed by atoms with Gasteiger partial charge in [0.25, 0.3) is 11.5 Å². The molecule has 8 heteroatoms. The first-order chi connectivity index (χ1) is 18.1. The van der Waals surface area contributed by atoms with E-state index in [0.29, 0.717) is 22.1 Å². The van der Waals surface area contributed by atoms with Gasteiger partial charge in [-0.25, -0.2) is 4.39 Å². The van der Waals surface area contributed by atoms with Crippen LogP contribution in [0.4, 0.5) is 4.39 Å². The van der Waals surface area contributed by atoms with Gasteiger partial charge < -0.3 is 4.90 Å². The minimum Gasteiger partial charge on any atom is -0.345 e. The van der Waals surface area contributed by atoms with E-state index in [1.807, 2.05) is 44.2 Å². The van der Waals surface area contributed by atoms with Gasteiger partial charge in [-0.3, -0.25) is 19.1 Å². The molecule has 2 atom stereocenters. The Morgan fingerprint density at radius 1 is 1.05 bits per heavy atom. The molecule has 1 aliphatic carbocycles. The van der Waals surface area contributed by atoms with Gasteiger partial charge in [-0.1, -0.05) is 41.4 Å². The van der Waals surface area contributed by atoms with Crippen LogP contribution < -0.4 is 5.56 Å². The first-order valence-electron chi connectivity index (χ1n) is 12.2. The number of halogens is 3. The highest BCUT2D eigenvalue weighted by Crippen LogP contribution is 2.56. The molecule has 1 fully saturated rings. The summed E-state index contributed by atoms with van der Waals surface area (Å²) in [5, 5.41) is 0.866. The summed E-state index contributed by atoms with van der Waals surface area (Å²) < 4.78 is 16.9. The Balaban J connectivity index is 1.55. The van der Waals surface area contributed by atoms with E-state index in [2.05, 4.69) is 4.98 Å². The van der Waals surface area contributed by atoms with Crippen LogP contribution >= 0.6 is 23.2 Å². The van der Waals surface area contributed by atoms with Gasteiger partial charge in [0.2, 0.25) is 0 Å². The summed E-state index contributed by atoms with van der Waals surface area (Å²) in [4.78, 5) is 31.7. The fourth-order valence-corrected chi connectivity index (χ4v) is 5.36. The van der Waals surface area contributed by atoms with Crippen molar-refractivity contribution in [3.8, 4) is 16.9 Å². The maximum absolute atomic E-state index is 15.4. The molecule has 0 bridgehead atoms. The van der Waals surface area contributed by atoms with Gasteiger partial charge in [0.05, 0.1) is 16.9 Å². The summed E-state index contributed by atoms with van der Waals surface area (Å²) in [6.07, 6.45) is 2.50. The molecule has 38 heavy (non-hydrogen) atoms. The molecule has 194 valence electrons. The van der Waals surface area contributed by atoms with E-state index < -0.39 is 11.7 Å². The first-order valence-corrected chi connectivity index (χ1v) is 13.0. The van der Waals surface area contributed by atoms with E-state index in [0.717, 1.165) is 17.5 Å². The molecular weight excluding hydrogens is 524 g/mol. The molecule has 0 N–H and O–H groups in total. The molecule has 0 aliphatic heterocycles. The summed E-state index contributed by atoms with van der Waals surface area (Å²) in [6.45, 7) is 3.69. The SMILES string of the molecule is Cc1cnc(-c2cccc(C(=O)N(C)C)c2F)cc1-n1c(C)cc([C@@H]2CC2c2ccc(Cl)cc2)c(Cl)c1=O. The smallest absolute Gasteiger partial charge is 0.274 e. The molecule has 1 saturated carbocycles. The minimum absolute atomic E-state index is 0.0446. The van der Waals surface area contributed by atoms with Crippen molar-refractivity contribution in [2.75, 3.05) is 14.1 Å². The number of amides is 1. The third kappa shape index (κ3) is 4.63. The number of hydrogen-bond donors (Lipinski definition) is 0. The van der Waals surface area contributed by atoms with Crippen LogP contribution in [-0.4, -0.2) is 34.5 Å². The number of pyridine rings is 2. The van der Waals surface area contributed by atoms with Crippen LogP contribution in [0.5, 0.6) is 0 Å². The van der Waals surface area contributed by atoms with Crippen LogP contribution in [0.15, 0.2) is 65.6 Å². The highest BCUT2D eigenvalue weighted by atomic mass is 35.5. The molecule has 5 rings (SSSR count). The zero-order valence-electron chi connectivity index (χ0n) is 21.4. The molecule has 4 aromatic rings. The molecule has 0 spiro atoms. The van der Waals surface area contributed by atoms with Crippen molar-refractivity contribution >= 4 is 29.1 Å². The predicted molar refractivity (Wildman–Crippen MR) is 149 cm³/mol. The molecule has 5 nitrogen and oxygen atoms in total. The van der Waals surface area contributed by atoms with Crippen LogP contribution in [0.2, 0.25) is 10.0 Å². The Labute approximate surface area is 230 Å². The van der Waals surface area contributed by atoms with Crippen LogP contribution in [0.1, 0.15) is 51.0 Å². The zero-order chi connectivity index (χ0) is 27.3. The number of rotatable bonds is 5. The van der Waals surface area contributed by atoms with Crippen molar-refractivity contribution in [3.05, 3.63) is 115 Å². The Morgan fingerprint density at radius 2 is 1.76 bits per heavy atom. The molecule has 0 saturated heterocycles. The standard InChI is InChI=1S/C30H26Cl2FN3O2/c1-16-15-34-25(20-6-5-7-21(28(20)33)29(37)35(3)4)14-26(16)36-17(2)12-24(27(32)30(36)38)23-13-22(23)18-8-10-19(31)11-9-18/h5-12,14-15,22-23H,13H2,1-4H3/t22?,23-/m1/s1. The molecule has 2 heterocycles. The largest absolute Gasteiger partial charge is 0.345 e. The van der Waals surface area contributed by atoms with Crippen molar-refractivity contribution in [1.82, 2.24) is 14.5 Å². The van der Waals surface area contributed by atoms with Crippen LogP contribution in [-0.2, 0) is 0 Å². The Morgan fingerprint density at radius 3 is 2.45 bits per heavy atom. The normalized spacial score (nSPS) is 16.4. The van der Waals surface area contributed by atoms with Gasteiger partial charge in [0.15, 0.2) is 0 Å². The molecule has 1 unspecified atom stereocenters. The van der Waals surface area contributed by atoms with Crippen molar-refractivity contribution in [3.63, 3.8) is 0 Å². The van der Waals surface area contributed by atoms with Gasteiger partial charge in [0, 0.05) is 36.6 Å². The zero-order valence-corrected chi connectivity index (χ0v) is 22.9.